The van der Waals surface area contributed by atoms with Crippen molar-refractivity contribution in [1.29, 1.82) is 0 Å². The molecule has 0 amide bonds. The molecule has 0 fully saturated rings. The van der Waals surface area contributed by atoms with Gasteiger partial charge in [-0.3, -0.25) is 0 Å². The van der Waals surface area contributed by atoms with Gasteiger partial charge in [0.2, 0.25) is 0 Å². The average molecular weight is 1260 g/mol. The molecule has 0 N–H and O–H groups in total. The lowest BCUT2D eigenvalue weighted by Gasteiger charge is -2.45. The molecule has 0 saturated heterocycles. The first kappa shape index (κ1) is 57.5. The van der Waals surface area contributed by atoms with Crippen LogP contribution in [-0.2, 0) is 11.3 Å². The summed E-state index contributed by atoms with van der Waals surface area (Å²) in [6, 6.07) is 115. The highest BCUT2D eigenvalue weighted by Crippen LogP contribution is 2.49. The summed E-state index contributed by atoms with van der Waals surface area (Å²) < 4.78 is 8.18. The third-order valence-electron chi connectivity index (χ3n) is 18.8. The van der Waals surface area contributed by atoms with E-state index in [0.29, 0.717) is 28.9 Å². The maximum absolute atomic E-state index is 14.0. The number of hydrogen-bond acceptors (Lipinski definition) is 9. The van der Waals surface area contributed by atoms with Gasteiger partial charge in [-0.1, -0.05) is 237 Å². The molecule has 10 nitrogen and oxygen atoms in total. The lowest BCUT2D eigenvalue weighted by molar-refractivity contribution is 0.0473. The van der Waals surface area contributed by atoms with Crippen molar-refractivity contribution in [1.82, 2.24) is 29.5 Å². The minimum atomic E-state index is -0.406. The van der Waals surface area contributed by atoms with E-state index < -0.39 is 5.97 Å². The van der Waals surface area contributed by atoms with Gasteiger partial charge in [-0.15, -0.1) is 0 Å². The molecule has 0 radical (unpaired) electrons. The third kappa shape index (κ3) is 10.2. The summed E-state index contributed by atoms with van der Waals surface area (Å²) in [5.41, 5.74) is 23.0. The number of benzene rings is 13. The Bertz CT molecular complexity index is 5670. The van der Waals surface area contributed by atoms with E-state index in [-0.39, 0.29) is 13.3 Å². The molecule has 460 valence electrons. The molecule has 0 aliphatic carbocycles. The van der Waals surface area contributed by atoms with Gasteiger partial charge in [-0.2, -0.15) is 0 Å². The monoisotopic (exact) mass is 1260 g/mol. The molecule has 2 aliphatic rings. The number of carbonyl (C=O) groups is 1. The van der Waals surface area contributed by atoms with Crippen LogP contribution >= 0.6 is 0 Å². The zero-order valence-corrected chi connectivity index (χ0v) is 52.9. The largest absolute Gasteiger partial charge is 0.457 e. The van der Waals surface area contributed by atoms with E-state index in [1.165, 1.54) is 16.4 Å². The number of nitrogens with zero attached hydrogens (tertiary/aromatic N) is 8. The number of ether oxygens (including phenoxy) is 1. The number of para-hydroxylation sites is 5. The van der Waals surface area contributed by atoms with Gasteiger partial charge < -0.3 is 19.1 Å². The van der Waals surface area contributed by atoms with Crippen molar-refractivity contribution < 1.29 is 9.53 Å². The topological polar surface area (TPSA) is 102 Å². The Morgan fingerprint density at radius 1 is 0.337 bits per heavy atom. The second-order valence-corrected chi connectivity index (χ2v) is 24.6. The Balaban J connectivity index is 0.853. The zero-order chi connectivity index (χ0) is 65.0. The number of hydrogen-bond donors (Lipinski definition) is 0. The normalized spacial score (nSPS) is 12.1. The predicted molar refractivity (Wildman–Crippen MR) is 397 cm³/mol. The Labute approximate surface area is 566 Å². The second kappa shape index (κ2) is 24.3. The Kier molecular flexibility index (Phi) is 14.3. The first-order valence-electron chi connectivity index (χ1n) is 32.9. The van der Waals surface area contributed by atoms with Crippen LogP contribution in [0.1, 0.15) is 15.9 Å². The summed E-state index contributed by atoms with van der Waals surface area (Å²) in [5.74, 6) is 1.65. The van der Waals surface area contributed by atoms with E-state index in [1.807, 2.05) is 140 Å². The standard InChI is InChI=1S/C87H57BN8O2/c97-87(98-56-57-26-7-1-8-27-57)64-47-50-76-69(54-64)68-40-19-22-43-75(68)96(76)77-49-46-63(85-92-83(59-30-11-3-12-31-59)91-84(93-85)60-32-13-4-14-33-60)53-70(77)86-89-73(58-28-9-2-10-29-58)55-74(90-86)62-35-25-34-61(52-62)67-48-51-80-81-82(67)95(66-38-17-6-18-39-66)79-45-24-21-42-72(79)88(81)71-41-20-23-44-78(71)94(80)65-36-15-5-16-37-65/h1-55H,56H2. The molecule has 11 heteroatoms. The van der Waals surface area contributed by atoms with Crippen molar-refractivity contribution >= 4 is 85.0 Å². The molecule has 0 bridgehead atoms. The fourth-order valence-corrected chi connectivity index (χ4v) is 14.3. The lowest BCUT2D eigenvalue weighted by atomic mass is 9.33. The van der Waals surface area contributed by atoms with Crippen LogP contribution < -0.4 is 26.2 Å². The molecule has 0 spiro atoms. The maximum atomic E-state index is 14.0. The van der Waals surface area contributed by atoms with Gasteiger partial charge in [0.15, 0.2) is 23.3 Å². The quantitative estimate of drug-likeness (QED) is 0.0825. The number of fused-ring (bicyclic) bond motifs is 7. The van der Waals surface area contributed by atoms with Crippen LogP contribution in [0.15, 0.2) is 334 Å². The van der Waals surface area contributed by atoms with Gasteiger partial charge in [0.25, 0.3) is 6.71 Å². The number of rotatable bonds is 13. The Morgan fingerprint density at radius 2 is 0.847 bits per heavy atom. The van der Waals surface area contributed by atoms with E-state index in [1.54, 1.807) is 0 Å². The minimum Gasteiger partial charge on any atom is -0.457 e. The molecule has 5 heterocycles. The van der Waals surface area contributed by atoms with Crippen LogP contribution in [0.25, 0.3) is 107 Å². The van der Waals surface area contributed by atoms with Crippen molar-refractivity contribution in [3.05, 3.63) is 345 Å². The van der Waals surface area contributed by atoms with Gasteiger partial charge >= 0.3 is 5.97 Å². The molecule has 98 heavy (non-hydrogen) atoms. The number of carbonyl (C=O) groups excluding carboxylic acids is 1. The highest BCUT2D eigenvalue weighted by atomic mass is 16.5. The Hall–Kier alpha value is -13.1. The van der Waals surface area contributed by atoms with E-state index in [0.717, 1.165) is 123 Å². The van der Waals surface area contributed by atoms with Crippen LogP contribution in [0.4, 0.5) is 34.1 Å². The number of anilines is 6. The van der Waals surface area contributed by atoms with Crippen molar-refractivity contribution in [2.24, 2.45) is 0 Å². The number of esters is 1. The molecule has 18 rings (SSSR count). The van der Waals surface area contributed by atoms with E-state index in [4.69, 9.17) is 29.7 Å². The molecule has 0 atom stereocenters. The van der Waals surface area contributed by atoms with Gasteiger partial charge in [-0.25, -0.2) is 29.7 Å². The van der Waals surface area contributed by atoms with Crippen molar-refractivity contribution in [3.8, 4) is 84.9 Å². The van der Waals surface area contributed by atoms with Crippen LogP contribution in [0.5, 0.6) is 0 Å². The summed E-state index contributed by atoms with van der Waals surface area (Å²) in [6.45, 7) is 0.0920. The first-order chi connectivity index (χ1) is 48.5. The first-order valence-corrected chi connectivity index (χ1v) is 32.9. The molecule has 16 aromatic rings. The summed E-state index contributed by atoms with van der Waals surface area (Å²) in [6.07, 6.45) is 0. The molecule has 0 saturated carbocycles. The molecule has 13 aromatic carbocycles. The Morgan fingerprint density at radius 3 is 1.51 bits per heavy atom. The molecule has 3 aromatic heterocycles. The minimum absolute atomic E-state index is 0.0660. The van der Waals surface area contributed by atoms with Crippen LogP contribution in [0.2, 0.25) is 0 Å². The molecular formula is C87H57BN8O2. The summed E-state index contributed by atoms with van der Waals surface area (Å²) >= 11 is 0. The summed E-state index contributed by atoms with van der Waals surface area (Å²) in [5, 5.41) is 1.85. The highest BCUT2D eigenvalue weighted by Gasteiger charge is 2.44. The molecule has 0 unspecified atom stereocenters. The van der Waals surface area contributed by atoms with Gasteiger partial charge in [0.1, 0.15) is 6.61 Å². The second-order valence-electron chi connectivity index (χ2n) is 24.6. The SMILES string of the molecule is O=C(OCc1ccccc1)c1ccc2c(c1)c1ccccc1n2-c1ccc(-c2nc(-c3ccccc3)nc(-c3ccccc3)n2)cc1-c1nc(-c2ccccc2)cc(-c2cccc(-c3ccc4c5c3N(c3ccccc3)c3ccccc3B5c3ccccc3N4c3ccccc3)c2)n1. The van der Waals surface area contributed by atoms with Gasteiger partial charge in [-0.05, 0) is 125 Å². The van der Waals surface area contributed by atoms with Crippen LogP contribution in [0, 0.1) is 0 Å². The highest BCUT2D eigenvalue weighted by molar-refractivity contribution is 7.00. The van der Waals surface area contributed by atoms with E-state index >= 15 is 0 Å². The average Bonchev–Trinajstić information content (AvgIpc) is 0.848. The van der Waals surface area contributed by atoms with Crippen molar-refractivity contribution in [3.63, 3.8) is 0 Å². The van der Waals surface area contributed by atoms with Gasteiger partial charge in [0, 0.05) is 78.2 Å². The number of aromatic nitrogens is 6. The summed E-state index contributed by atoms with van der Waals surface area (Å²) in [7, 11) is 0. The van der Waals surface area contributed by atoms with Crippen molar-refractivity contribution in [2.45, 2.75) is 6.61 Å². The van der Waals surface area contributed by atoms with Gasteiger partial charge in [0.05, 0.1) is 39.4 Å². The third-order valence-corrected chi connectivity index (χ3v) is 18.8. The van der Waals surface area contributed by atoms with E-state index in [2.05, 4.69) is 208 Å². The molecular weight excluding hydrogens is 1200 g/mol. The zero-order valence-electron chi connectivity index (χ0n) is 52.9. The van der Waals surface area contributed by atoms with E-state index in [9.17, 15) is 4.79 Å². The van der Waals surface area contributed by atoms with Crippen molar-refractivity contribution in [2.75, 3.05) is 9.80 Å². The van der Waals surface area contributed by atoms with Crippen LogP contribution in [-0.4, -0.2) is 42.2 Å². The molecule has 2 aliphatic heterocycles. The van der Waals surface area contributed by atoms with Crippen LogP contribution in [0.3, 0.4) is 0 Å². The fourth-order valence-electron chi connectivity index (χ4n) is 14.3. The summed E-state index contributed by atoms with van der Waals surface area (Å²) in [4.78, 5) is 45.8. The fraction of sp³-hybridized carbons (Fsp3) is 0.0115. The maximum Gasteiger partial charge on any atom is 0.338 e. The predicted octanol–water partition coefficient (Wildman–Crippen LogP) is 18.9. The smallest absolute Gasteiger partial charge is 0.338 e. The lowest BCUT2D eigenvalue weighted by Crippen LogP contribution is -2.61.